The molecule has 1 saturated heterocycles. The number of aryl methyl sites for hydroxylation is 4. The number of anilines is 1. The first-order valence-corrected chi connectivity index (χ1v) is 11.4. The summed E-state index contributed by atoms with van der Waals surface area (Å²) >= 11 is 1.34. The molecule has 6 nitrogen and oxygen atoms in total. The maximum absolute atomic E-state index is 13.3. The van der Waals surface area contributed by atoms with E-state index in [-0.39, 0.29) is 11.3 Å². The fraction of sp³-hybridized carbons (Fsp3) is 0.192. The quantitative estimate of drug-likeness (QED) is 0.240. The number of furan rings is 1. The second-order valence-corrected chi connectivity index (χ2v) is 9.42. The third kappa shape index (κ3) is 3.45. The van der Waals surface area contributed by atoms with E-state index < -0.39 is 17.7 Å². The molecule has 1 amide bonds. The van der Waals surface area contributed by atoms with Crippen molar-refractivity contribution < 1.29 is 19.1 Å². The van der Waals surface area contributed by atoms with Gasteiger partial charge in [0.15, 0.2) is 5.13 Å². The lowest BCUT2D eigenvalue weighted by atomic mass is 9.99. The summed E-state index contributed by atoms with van der Waals surface area (Å²) in [6.45, 7) is 7.70. The topological polar surface area (TPSA) is 83.6 Å². The van der Waals surface area contributed by atoms with Crippen molar-refractivity contribution in [2.24, 2.45) is 0 Å². The highest BCUT2D eigenvalue weighted by Crippen LogP contribution is 2.45. The molecule has 33 heavy (non-hydrogen) atoms. The molecule has 2 aromatic carbocycles. The van der Waals surface area contributed by atoms with E-state index in [1.165, 1.54) is 16.2 Å². The van der Waals surface area contributed by atoms with E-state index in [9.17, 15) is 14.7 Å². The van der Waals surface area contributed by atoms with Gasteiger partial charge in [0.05, 0.1) is 15.8 Å². The SMILES string of the molecule is Cc1ccc(/C(O)=C2\C(=O)C(=O)N(c3nc4c(C)cc(C)cc4s3)C2c2ccc(C)o2)cc1. The third-order valence-electron chi connectivity index (χ3n) is 5.82. The first kappa shape index (κ1) is 21.2. The monoisotopic (exact) mass is 458 g/mol. The Morgan fingerprint density at radius 3 is 2.39 bits per heavy atom. The number of nitrogens with zero attached hydrogens (tertiary/aromatic N) is 2. The lowest BCUT2D eigenvalue weighted by molar-refractivity contribution is -0.132. The molecule has 3 heterocycles. The average Bonchev–Trinajstić information content (AvgIpc) is 3.45. The molecule has 0 bridgehead atoms. The molecule has 4 aromatic rings. The Morgan fingerprint density at radius 1 is 1.00 bits per heavy atom. The van der Waals surface area contributed by atoms with Gasteiger partial charge in [0, 0.05) is 5.56 Å². The highest BCUT2D eigenvalue weighted by molar-refractivity contribution is 7.22. The van der Waals surface area contributed by atoms with Crippen molar-refractivity contribution in [3.05, 3.63) is 87.9 Å². The molecule has 166 valence electrons. The number of aromatic nitrogens is 1. The van der Waals surface area contributed by atoms with Crippen molar-refractivity contribution in [1.29, 1.82) is 0 Å². The molecule has 1 N–H and O–H groups in total. The first-order chi connectivity index (χ1) is 15.7. The summed E-state index contributed by atoms with van der Waals surface area (Å²) < 4.78 is 6.78. The van der Waals surface area contributed by atoms with Gasteiger partial charge in [-0.2, -0.15) is 0 Å². The summed E-state index contributed by atoms with van der Waals surface area (Å²) in [4.78, 5) is 32.6. The molecule has 0 saturated carbocycles. The van der Waals surface area contributed by atoms with Gasteiger partial charge in [-0.1, -0.05) is 47.2 Å². The van der Waals surface area contributed by atoms with E-state index in [1.54, 1.807) is 31.2 Å². The summed E-state index contributed by atoms with van der Waals surface area (Å²) in [5, 5.41) is 11.5. The van der Waals surface area contributed by atoms with Gasteiger partial charge in [-0.3, -0.25) is 14.5 Å². The zero-order valence-corrected chi connectivity index (χ0v) is 19.5. The van der Waals surface area contributed by atoms with E-state index in [4.69, 9.17) is 9.40 Å². The Morgan fingerprint density at radius 2 is 1.73 bits per heavy atom. The molecule has 2 aromatic heterocycles. The Kier molecular flexibility index (Phi) is 4.94. The molecular formula is C26H22N2O4S. The first-order valence-electron chi connectivity index (χ1n) is 10.6. The Hall–Kier alpha value is -3.71. The number of thiazole rings is 1. The third-order valence-corrected chi connectivity index (χ3v) is 6.83. The summed E-state index contributed by atoms with van der Waals surface area (Å²) in [5.74, 6) is -0.701. The van der Waals surface area contributed by atoms with Crippen LogP contribution in [0.5, 0.6) is 0 Å². The van der Waals surface area contributed by atoms with Gasteiger partial charge in [0.1, 0.15) is 23.3 Å². The number of fused-ring (bicyclic) bond motifs is 1. The predicted octanol–water partition coefficient (Wildman–Crippen LogP) is 5.75. The van der Waals surface area contributed by atoms with Crippen LogP contribution in [0.4, 0.5) is 5.13 Å². The zero-order chi connectivity index (χ0) is 23.4. The van der Waals surface area contributed by atoms with Gasteiger partial charge in [0.25, 0.3) is 5.78 Å². The number of hydrogen-bond acceptors (Lipinski definition) is 6. The van der Waals surface area contributed by atoms with Crippen molar-refractivity contribution in [2.45, 2.75) is 33.7 Å². The summed E-state index contributed by atoms with van der Waals surface area (Å²) in [5.41, 5.74) is 4.35. The Bertz CT molecular complexity index is 1460. The van der Waals surface area contributed by atoms with Gasteiger partial charge in [-0.05, 0) is 57.0 Å². The van der Waals surface area contributed by atoms with Gasteiger partial charge in [0.2, 0.25) is 0 Å². The molecule has 5 rings (SSSR count). The number of ketones is 1. The van der Waals surface area contributed by atoms with Crippen molar-refractivity contribution >= 4 is 44.1 Å². The number of hydrogen-bond donors (Lipinski definition) is 1. The Labute approximate surface area is 194 Å². The van der Waals surface area contributed by atoms with E-state index in [0.717, 1.165) is 26.9 Å². The summed E-state index contributed by atoms with van der Waals surface area (Å²) in [6.07, 6.45) is 0. The van der Waals surface area contributed by atoms with Gasteiger partial charge in [-0.15, -0.1) is 0 Å². The molecule has 7 heteroatoms. The fourth-order valence-corrected chi connectivity index (χ4v) is 5.40. The molecular weight excluding hydrogens is 436 g/mol. The van der Waals surface area contributed by atoms with Gasteiger partial charge >= 0.3 is 5.91 Å². The largest absolute Gasteiger partial charge is 0.507 e. The van der Waals surface area contributed by atoms with Crippen LogP contribution in [0.25, 0.3) is 16.0 Å². The van der Waals surface area contributed by atoms with Crippen LogP contribution >= 0.6 is 11.3 Å². The number of carbonyl (C=O) groups excluding carboxylic acids is 2. The summed E-state index contributed by atoms with van der Waals surface area (Å²) in [6, 6.07) is 13.8. The maximum atomic E-state index is 13.3. The second kappa shape index (κ2) is 7.71. The molecule has 0 spiro atoms. The van der Waals surface area contributed by atoms with Crippen molar-refractivity contribution in [3.8, 4) is 0 Å². The van der Waals surface area contributed by atoms with Crippen LogP contribution in [0.15, 0.2) is 58.5 Å². The molecule has 1 aliphatic rings. The number of rotatable bonds is 3. The highest BCUT2D eigenvalue weighted by atomic mass is 32.1. The van der Waals surface area contributed by atoms with Crippen LogP contribution in [-0.2, 0) is 9.59 Å². The molecule has 0 radical (unpaired) electrons. The number of Topliss-reactive ketones (excluding diaryl/α,β-unsaturated/α-hetero) is 1. The fourth-order valence-electron chi connectivity index (χ4n) is 4.23. The minimum absolute atomic E-state index is 0.00892. The van der Waals surface area contributed by atoms with Crippen LogP contribution in [-0.4, -0.2) is 21.8 Å². The van der Waals surface area contributed by atoms with Crippen molar-refractivity contribution in [3.63, 3.8) is 0 Å². The lowest BCUT2D eigenvalue weighted by Crippen LogP contribution is -2.29. The van der Waals surface area contributed by atoms with Crippen LogP contribution in [0.1, 0.15) is 39.8 Å². The zero-order valence-electron chi connectivity index (χ0n) is 18.7. The second-order valence-electron chi connectivity index (χ2n) is 8.41. The highest BCUT2D eigenvalue weighted by Gasteiger charge is 2.49. The average molecular weight is 459 g/mol. The van der Waals surface area contributed by atoms with Crippen molar-refractivity contribution in [2.75, 3.05) is 4.90 Å². The molecule has 1 unspecified atom stereocenters. The lowest BCUT2D eigenvalue weighted by Gasteiger charge is -2.20. The number of amides is 1. The van der Waals surface area contributed by atoms with E-state index >= 15 is 0 Å². The normalized spacial score (nSPS) is 17.9. The smallest absolute Gasteiger partial charge is 0.302 e. The van der Waals surface area contributed by atoms with Crippen LogP contribution in [0, 0.1) is 27.7 Å². The number of aliphatic hydroxyl groups excluding tert-OH is 1. The molecule has 1 fully saturated rings. The minimum atomic E-state index is -0.915. The number of benzene rings is 2. The van der Waals surface area contributed by atoms with E-state index in [0.29, 0.717) is 22.2 Å². The van der Waals surface area contributed by atoms with Crippen LogP contribution in [0.3, 0.4) is 0 Å². The van der Waals surface area contributed by atoms with E-state index in [1.807, 2.05) is 45.0 Å². The Balaban J connectivity index is 1.73. The number of aliphatic hydroxyl groups is 1. The van der Waals surface area contributed by atoms with Crippen LogP contribution in [0.2, 0.25) is 0 Å². The molecule has 1 aliphatic heterocycles. The molecule has 0 aliphatic carbocycles. The van der Waals surface area contributed by atoms with E-state index in [2.05, 4.69) is 0 Å². The number of carbonyl (C=O) groups is 2. The standard InChI is InChI=1S/C26H22N2O4S/c1-13-5-8-17(9-6-13)23(29)20-22(18-10-7-16(4)32-18)28(25(31)24(20)30)26-27-21-15(3)11-14(2)12-19(21)33-26/h5-12,22,29H,1-4H3/b23-20+. The molecule has 1 atom stereocenters. The van der Waals surface area contributed by atoms with Gasteiger partial charge in [-0.25, -0.2) is 4.98 Å². The van der Waals surface area contributed by atoms with Gasteiger partial charge < -0.3 is 9.52 Å². The minimum Gasteiger partial charge on any atom is -0.507 e. The van der Waals surface area contributed by atoms with Crippen LogP contribution < -0.4 is 4.90 Å². The maximum Gasteiger partial charge on any atom is 0.302 e. The summed E-state index contributed by atoms with van der Waals surface area (Å²) in [7, 11) is 0. The predicted molar refractivity (Wildman–Crippen MR) is 129 cm³/mol. The van der Waals surface area contributed by atoms with Crippen molar-refractivity contribution in [1.82, 2.24) is 4.98 Å².